The third-order valence-corrected chi connectivity index (χ3v) is 19.1. The maximum Gasteiger partial charge on any atom is 0.248 e. The molecule has 1 saturated heterocycles. The molecule has 6 aromatic rings. The smallest absolute Gasteiger partial charge is 0.248 e. The number of rotatable bonds is 19. The second-order valence-electron chi connectivity index (χ2n) is 20.5. The van der Waals surface area contributed by atoms with Crippen LogP contribution in [0.5, 0.6) is 11.5 Å². The van der Waals surface area contributed by atoms with Gasteiger partial charge in [-0.25, -0.2) is 4.98 Å². The fourth-order valence-corrected chi connectivity index (χ4v) is 10.9. The molecule has 2 aromatic heterocycles. The first-order valence-corrected chi connectivity index (χ1v) is 27.5. The lowest BCUT2D eigenvalue weighted by Crippen LogP contribution is -2.43. The lowest BCUT2D eigenvalue weighted by molar-refractivity contribution is 0.172. The average Bonchev–Trinajstić information content (AvgIpc) is 3.76. The predicted octanol–water partition coefficient (Wildman–Crippen LogP) is 10.9. The van der Waals surface area contributed by atoms with Crippen molar-refractivity contribution in [2.75, 3.05) is 32.7 Å². The molecule has 350 valence electrons. The summed E-state index contributed by atoms with van der Waals surface area (Å²) in [6, 6.07) is 33.1. The van der Waals surface area contributed by atoms with Gasteiger partial charge in [-0.1, -0.05) is 119 Å². The molecule has 0 amide bonds. The van der Waals surface area contributed by atoms with Gasteiger partial charge in [0.2, 0.25) is 5.56 Å². The second-order valence-corrected chi connectivity index (χ2v) is 25.2. The van der Waals surface area contributed by atoms with E-state index in [1.807, 2.05) is 59.5 Å². The standard InChI is InChI=1S/C55H72N6O4Si/c1-55(2,3)66(4,5)65-50(47-23-25-49(53-48(47)24-26-52(62)58-53)64-38-43-13-8-6-9-14-43)36-56-31-27-40-19-21-41(22-20-40)28-32-60-33-29-42(30-34-60)37-61-39-57-51(59-61)35-45-17-12-18-46(54(45)63)44-15-10-7-11-16-44/h6,8-9,12-14,17-26,39,42,44,50,56,63H,7,10-11,15-16,27-38H2,1-5H3,(H,58,62)/t50-/m0/s1. The van der Waals surface area contributed by atoms with Crippen molar-refractivity contribution in [1.82, 2.24) is 30.0 Å². The highest BCUT2D eigenvalue weighted by Crippen LogP contribution is 2.42. The first-order valence-electron chi connectivity index (χ1n) is 24.6. The zero-order valence-corrected chi connectivity index (χ0v) is 41.0. The third-order valence-electron chi connectivity index (χ3n) is 14.7. The Labute approximate surface area is 393 Å². The van der Waals surface area contributed by atoms with Gasteiger partial charge in [0.25, 0.3) is 0 Å². The molecule has 66 heavy (non-hydrogen) atoms. The van der Waals surface area contributed by atoms with Crippen molar-refractivity contribution >= 4 is 19.2 Å². The van der Waals surface area contributed by atoms with Crippen LogP contribution in [0.1, 0.15) is 117 Å². The van der Waals surface area contributed by atoms with Gasteiger partial charge in [-0.2, -0.15) is 5.10 Å². The summed E-state index contributed by atoms with van der Waals surface area (Å²) in [6.07, 6.45) is 12.7. The van der Waals surface area contributed by atoms with E-state index < -0.39 is 8.32 Å². The normalized spacial score (nSPS) is 16.2. The molecule has 1 atom stereocenters. The van der Waals surface area contributed by atoms with Crippen LogP contribution in [0.15, 0.2) is 108 Å². The number of nitrogens with zero attached hydrogens (tertiary/aromatic N) is 4. The first-order chi connectivity index (χ1) is 31.9. The number of aromatic hydroxyl groups is 1. The molecule has 11 heteroatoms. The Hall–Kier alpha value is -5.07. The van der Waals surface area contributed by atoms with Crippen LogP contribution in [0.2, 0.25) is 18.1 Å². The van der Waals surface area contributed by atoms with Crippen LogP contribution < -0.4 is 15.6 Å². The first kappa shape index (κ1) is 47.4. The fraction of sp³-hybridized carbons (Fsp3) is 0.473. The molecular formula is C55H72N6O4Si. The van der Waals surface area contributed by atoms with Gasteiger partial charge in [-0.15, -0.1) is 0 Å². The molecule has 0 unspecified atom stereocenters. The van der Waals surface area contributed by atoms with E-state index in [-0.39, 0.29) is 16.7 Å². The van der Waals surface area contributed by atoms with Crippen molar-refractivity contribution in [3.63, 3.8) is 0 Å². The second kappa shape index (κ2) is 21.7. The van der Waals surface area contributed by atoms with E-state index in [4.69, 9.17) is 14.3 Å². The minimum atomic E-state index is -2.17. The summed E-state index contributed by atoms with van der Waals surface area (Å²) >= 11 is 0. The zero-order chi connectivity index (χ0) is 46.1. The summed E-state index contributed by atoms with van der Waals surface area (Å²) in [5.74, 6) is 2.95. The van der Waals surface area contributed by atoms with Crippen LogP contribution in [0.4, 0.5) is 0 Å². The van der Waals surface area contributed by atoms with Crippen molar-refractivity contribution in [3.05, 3.63) is 153 Å². The van der Waals surface area contributed by atoms with Gasteiger partial charge in [-0.3, -0.25) is 9.48 Å². The van der Waals surface area contributed by atoms with Crippen LogP contribution in [0.3, 0.4) is 0 Å². The summed E-state index contributed by atoms with van der Waals surface area (Å²) in [4.78, 5) is 22.9. The molecule has 0 bridgehead atoms. The molecule has 0 radical (unpaired) electrons. The van der Waals surface area contributed by atoms with Crippen molar-refractivity contribution < 1.29 is 14.3 Å². The number of H-pyrrole nitrogens is 1. The number of para-hydroxylation sites is 1. The Bertz CT molecular complexity index is 2540. The molecular weight excluding hydrogens is 837 g/mol. The van der Waals surface area contributed by atoms with Crippen LogP contribution in [-0.2, 0) is 36.8 Å². The van der Waals surface area contributed by atoms with Gasteiger partial charge in [-0.05, 0) is 128 Å². The molecule has 1 aliphatic heterocycles. The highest BCUT2D eigenvalue weighted by Gasteiger charge is 2.40. The molecule has 10 nitrogen and oxygen atoms in total. The summed E-state index contributed by atoms with van der Waals surface area (Å²) in [5, 5.41) is 20.7. The largest absolute Gasteiger partial charge is 0.507 e. The van der Waals surface area contributed by atoms with Gasteiger partial charge in [0.15, 0.2) is 14.1 Å². The number of piperidine rings is 1. The van der Waals surface area contributed by atoms with Gasteiger partial charge in [0, 0.05) is 43.1 Å². The Morgan fingerprint density at radius 3 is 2.33 bits per heavy atom. The van der Waals surface area contributed by atoms with E-state index >= 15 is 0 Å². The summed E-state index contributed by atoms with van der Waals surface area (Å²) in [7, 11) is -2.17. The van der Waals surface area contributed by atoms with Gasteiger partial charge in [0.1, 0.15) is 24.4 Å². The van der Waals surface area contributed by atoms with E-state index in [9.17, 15) is 9.90 Å². The van der Waals surface area contributed by atoms with Crippen LogP contribution in [0.25, 0.3) is 10.9 Å². The molecule has 3 N–H and O–H groups in total. The number of aromatic amines is 1. The van der Waals surface area contributed by atoms with E-state index in [0.717, 1.165) is 91.9 Å². The van der Waals surface area contributed by atoms with Crippen molar-refractivity contribution in [2.45, 2.75) is 128 Å². The Balaban J connectivity index is 0.796. The van der Waals surface area contributed by atoms with Crippen LogP contribution >= 0.6 is 0 Å². The monoisotopic (exact) mass is 909 g/mol. The topological polar surface area (TPSA) is 118 Å². The number of fused-ring (bicyclic) bond motifs is 1. The number of phenols is 1. The number of hydrogen-bond acceptors (Lipinski definition) is 8. The van der Waals surface area contributed by atoms with E-state index in [0.29, 0.717) is 48.4 Å². The lowest BCUT2D eigenvalue weighted by Gasteiger charge is -2.39. The van der Waals surface area contributed by atoms with Crippen molar-refractivity contribution in [1.29, 1.82) is 0 Å². The number of likely N-dealkylation sites (tertiary alicyclic amines) is 1. The minimum Gasteiger partial charge on any atom is -0.507 e. The summed E-state index contributed by atoms with van der Waals surface area (Å²) in [5.41, 5.74) is 7.39. The minimum absolute atomic E-state index is 0.0327. The zero-order valence-electron chi connectivity index (χ0n) is 40.0. The van der Waals surface area contributed by atoms with Crippen LogP contribution in [-0.4, -0.2) is 70.8 Å². The molecule has 2 fully saturated rings. The maximum atomic E-state index is 12.6. The number of pyridine rings is 1. The molecule has 3 heterocycles. The molecule has 0 spiro atoms. The van der Waals surface area contributed by atoms with Gasteiger partial charge < -0.3 is 29.5 Å². The average molecular weight is 909 g/mol. The SMILES string of the molecule is CC(C)(C)[Si](C)(C)O[C@@H](CNCCc1ccc(CCN2CCC(Cn3cnc(Cc4cccc(C5CCCCC5)c4O)n3)CC2)cc1)c1ccc(OCc2ccccc2)c2[nH]c(=O)ccc12. The third kappa shape index (κ3) is 12.3. The number of ether oxygens (including phenoxy) is 1. The summed E-state index contributed by atoms with van der Waals surface area (Å²) in [6.45, 7) is 17.5. The number of benzene rings is 4. The molecule has 1 aliphatic carbocycles. The fourth-order valence-electron chi connectivity index (χ4n) is 9.58. The number of phenolic OH excluding ortho intramolecular Hbond substituents is 1. The number of aromatic nitrogens is 4. The van der Waals surface area contributed by atoms with Crippen molar-refractivity contribution in [2.24, 2.45) is 5.92 Å². The van der Waals surface area contributed by atoms with E-state index in [2.05, 4.69) is 96.5 Å². The van der Waals surface area contributed by atoms with Crippen LogP contribution in [0, 0.1) is 5.92 Å². The molecule has 2 aliphatic rings. The van der Waals surface area contributed by atoms with E-state index in [1.165, 1.54) is 43.2 Å². The maximum absolute atomic E-state index is 12.6. The van der Waals surface area contributed by atoms with Crippen molar-refractivity contribution in [3.8, 4) is 11.5 Å². The number of hydrogen-bond donors (Lipinski definition) is 3. The lowest BCUT2D eigenvalue weighted by atomic mass is 9.83. The van der Waals surface area contributed by atoms with Gasteiger partial charge in [0.05, 0.1) is 11.6 Å². The highest BCUT2D eigenvalue weighted by molar-refractivity contribution is 6.74. The quantitative estimate of drug-likeness (QED) is 0.0543. The Kier molecular flexibility index (Phi) is 15.6. The summed E-state index contributed by atoms with van der Waals surface area (Å²) < 4.78 is 15.4. The predicted molar refractivity (Wildman–Crippen MR) is 269 cm³/mol. The number of nitrogens with one attached hydrogen (secondary N) is 2. The Morgan fingerprint density at radius 2 is 1.59 bits per heavy atom. The Morgan fingerprint density at radius 1 is 0.848 bits per heavy atom. The van der Waals surface area contributed by atoms with E-state index in [1.54, 1.807) is 6.07 Å². The molecule has 1 saturated carbocycles. The molecule has 8 rings (SSSR count). The highest BCUT2D eigenvalue weighted by atomic mass is 28.4. The van der Waals surface area contributed by atoms with Gasteiger partial charge >= 0.3 is 0 Å². The molecule has 4 aromatic carbocycles.